The number of thiazole rings is 1. The molecule has 3 rings (SSSR count). The van der Waals surface area contributed by atoms with E-state index in [1.807, 2.05) is 31.2 Å². The van der Waals surface area contributed by atoms with Crippen molar-refractivity contribution < 1.29 is 18.7 Å². The van der Waals surface area contributed by atoms with Crippen LogP contribution in [0, 0.1) is 12.7 Å². The number of carbonyl (C=O) groups excluding carboxylic acids is 1. The number of esters is 1. The Kier molecular flexibility index (Phi) is 5.40. The molecule has 0 aliphatic rings. The maximum Gasteiger partial charge on any atom is 0.317 e. The molecule has 25 heavy (non-hydrogen) atoms. The number of rotatable bonds is 6. The van der Waals surface area contributed by atoms with E-state index in [4.69, 9.17) is 9.47 Å². The first kappa shape index (κ1) is 17.1. The summed E-state index contributed by atoms with van der Waals surface area (Å²) in [6, 6.07) is 13.1. The summed E-state index contributed by atoms with van der Waals surface area (Å²) in [7, 11) is 0. The number of carbonyl (C=O) groups is 1. The molecule has 0 atom stereocenters. The summed E-state index contributed by atoms with van der Waals surface area (Å²) in [6.07, 6.45) is 0.0540. The summed E-state index contributed by atoms with van der Waals surface area (Å²) in [5.41, 5.74) is 1.79. The fourth-order valence-electron chi connectivity index (χ4n) is 2.09. The van der Waals surface area contributed by atoms with E-state index in [2.05, 4.69) is 4.98 Å². The van der Waals surface area contributed by atoms with Gasteiger partial charge in [0.25, 0.3) is 0 Å². The van der Waals surface area contributed by atoms with Gasteiger partial charge in [-0.15, -0.1) is 11.3 Å². The van der Waals surface area contributed by atoms with Crippen LogP contribution in [0.1, 0.15) is 16.3 Å². The van der Waals surface area contributed by atoms with E-state index < -0.39 is 5.97 Å². The lowest BCUT2D eigenvalue weighted by atomic mass is 10.2. The first-order valence-corrected chi connectivity index (χ1v) is 8.55. The molecule has 2 aromatic carbocycles. The molecule has 1 aromatic heterocycles. The minimum Gasteiger partial charge on any atom is -0.486 e. The Bertz CT molecular complexity index is 844. The molecular formula is C19H16FNO3S. The average Bonchev–Trinajstić information content (AvgIpc) is 3.04. The molecular weight excluding hydrogens is 341 g/mol. The van der Waals surface area contributed by atoms with Gasteiger partial charge in [0.1, 0.15) is 28.9 Å². The normalized spacial score (nSPS) is 10.5. The van der Waals surface area contributed by atoms with Crippen molar-refractivity contribution >= 4 is 17.3 Å². The zero-order valence-electron chi connectivity index (χ0n) is 13.6. The van der Waals surface area contributed by atoms with Gasteiger partial charge in [-0.25, -0.2) is 9.37 Å². The van der Waals surface area contributed by atoms with Gasteiger partial charge in [-0.3, -0.25) is 4.79 Å². The fraction of sp³-hybridized carbons (Fsp3) is 0.158. The second-order valence-corrected chi connectivity index (χ2v) is 6.38. The summed E-state index contributed by atoms with van der Waals surface area (Å²) in [5, 5.41) is 2.59. The molecule has 0 saturated carbocycles. The monoisotopic (exact) mass is 357 g/mol. The molecule has 0 saturated heterocycles. The van der Waals surface area contributed by atoms with E-state index in [-0.39, 0.29) is 12.2 Å². The number of halogens is 1. The van der Waals surface area contributed by atoms with Crippen molar-refractivity contribution in [3.05, 3.63) is 76.0 Å². The minimum absolute atomic E-state index is 0.0540. The highest BCUT2D eigenvalue weighted by molar-refractivity contribution is 7.09. The SMILES string of the molecule is Cc1ccc(OCc2nc(CC(=O)Oc3ccc(F)cc3)cs2)cc1. The number of nitrogens with zero attached hydrogens (tertiary/aromatic N) is 1. The van der Waals surface area contributed by atoms with Crippen LogP contribution in [-0.4, -0.2) is 11.0 Å². The van der Waals surface area contributed by atoms with Crippen molar-refractivity contribution in [3.8, 4) is 11.5 Å². The zero-order valence-corrected chi connectivity index (χ0v) is 14.4. The summed E-state index contributed by atoms with van der Waals surface area (Å²) >= 11 is 1.43. The zero-order chi connectivity index (χ0) is 17.6. The molecule has 1 heterocycles. The van der Waals surface area contributed by atoms with Gasteiger partial charge >= 0.3 is 5.97 Å². The lowest BCUT2D eigenvalue weighted by Crippen LogP contribution is -2.11. The van der Waals surface area contributed by atoms with Crippen molar-refractivity contribution in [2.45, 2.75) is 20.0 Å². The first-order valence-electron chi connectivity index (χ1n) is 7.67. The Morgan fingerprint density at radius 3 is 2.48 bits per heavy atom. The van der Waals surface area contributed by atoms with Crippen LogP contribution in [0.25, 0.3) is 0 Å². The van der Waals surface area contributed by atoms with Crippen molar-refractivity contribution in [1.29, 1.82) is 0 Å². The third-order valence-electron chi connectivity index (χ3n) is 3.35. The van der Waals surface area contributed by atoms with Gasteiger partial charge in [-0.05, 0) is 43.3 Å². The Morgan fingerprint density at radius 1 is 1.08 bits per heavy atom. The van der Waals surface area contributed by atoms with Crippen molar-refractivity contribution in [1.82, 2.24) is 4.98 Å². The number of hydrogen-bond donors (Lipinski definition) is 0. The average molecular weight is 357 g/mol. The van der Waals surface area contributed by atoms with Gasteiger partial charge in [0.05, 0.1) is 12.1 Å². The van der Waals surface area contributed by atoms with Crippen LogP contribution >= 0.6 is 11.3 Å². The van der Waals surface area contributed by atoms with Crippen LogP contribution in [0.3, 0.4) is 0 Å². The van der Waals surface area contributed by atoms with Crippen molar-refractivity contribution in [2.75, 3.05) is 0 Å². The lowest BCUT2D eigenvalue weighted by Gasteiger charge is -2.04. The van der Waals surface area contributed by atoms with Crippen molar-refractivity contribution in [2.24, 2.45) is 0 Å². The molecule has 0 aliphatic carbocycles. The van der Waals surface area contributed by atoms with Crippen LogP contribution in [0.4, 0.5) is 4.39 Å². The molecule has 0 amide bonds. The highest BCUT2D eigenvalue weighted by Gasteiger charge is 2.10. The first-order chi connectivity index (χ1) is 12.1. The third kappa shape index (κ3) is 5.12. The number of aromatic nitrogens is 1. The van der Waals surface area contributed by atoms with Crippen LogP contribution in [0.5, 0.6) is 11.5 Å². The van der Waals surface area contributed by atoms with Crippen LogP contribution in [-0.2, 0) is 17.8 Å². The molecule has 0 bridgehead atoms. The standard InChI is InChI=1S/C19H16FNO3S/c1-13-2-6-16(7-3-13)23-11-18-21-15(12-25-18)10-19(22)24-17-8-4-14(20)5-9-17/h2-9,12H,10-11H2,1H3. The van der Waals surface area contributed by atoms with E-state index in [9.17, 15) is 9.18 Å². The molecule has 0 fully saturated rings. The second kappa shape index (κ2) is 7.90. The molecule has 0 aliphatic heterocycles. The summed E-state index contributed by atoms with van der Waals surface area (Å²) in [4.78, 5) is 16.3. The Hall–Kier alpha value is -2.73. The van der Waals surface area contributed by atoms with E-state index in [1.54, 1.807) is 5.38 Å². The van der Waals surface area contributed by atoms with Crippen LogP contribution in [0.2, 0.25) is 0 Å². The molecule has 0 unspecified atom stereocenters. The maximum absolute atomic E-state index is 12.8. The Labute approximate surface area is 148 Å². The van der Waals surface area contributed by atoms with E-state index >= 15 is 0 Å². The van der Waals surface area contributed by atoms with E-state index in [0.29, 0.717) is 18.1 Å². The van der Waals surface area contributed by atoms with Gasteiger partial charge in [0.15, 0.2) is 0 Å². The molecule has 128 valence electrons. The predicted octanol–water partition coefficient (Wildman–Crippen LogP) is 4.32. The number of hydrogen-bond acceptors (Lipinski definition) is 5. The summed E-state index contributed by atoms with van der Waals surface area (Å²) in [6.45, 7) is 2.36. The minimum atomic E-state index is -0.442. The Balaban J connectivity index is 1.51. The van der Waals surface area contributed by atoms with Gasteiger partial charge in [-0.1, -0.05) is 17.7 Å². The third-order valence-corrected chi connectivity index (χ3v) is 4.22. The molecule has 6 heteroatoms. The van der Waals surface area contributed by atoms with Crippen LogP contribution < -0.4 is 9.47 Å². The number of benzene rings is 2. The fourth-order valence-corrected chi connectivity index (χ4v) is 2.80. The van der Waals surface area contributed by atoms with Gasteiger partial charge in [0.2, 0.25) is 0 Å². The predicted molar refractivity (Wildman–Crippen MR) is 93.4 cm³/mol. The molecule has 0 radical (unpaired) electrons. The topological polar surface area (TPSA) is 48.4 Å². The quantitative estimate of drug-likeness (QED) is 0.487. The van der Waals surface area contributed by atoms with Gasteiger partial charge in [0, 0.05) is 5.38 Å². The molecule has 3 aromatic rings. The highest BCUT2D eigenvalue weighted by atomic mass is 32.1. The molecule has 0 spiro atoms. The lowest BCUT2D eigenvalue weighted by molar-refractivity contribution is -0.133. The number of ether oxygens (including phenoxy) is 2. The number of aryl methyl sites for hydroxylation is 1. The van der Waals surface area contributed by atoms with Gasteiger partial charge in [-0.2, -0.15) is 0 Å². The van der Waals surface area contributed by atoms with E-state index in [0.717, 1.165) is 10.8 Å². The molecule has 4 nitrogen and oxygen atoms in total. The second-order valence-electron chi connectivity index (χ2n) is 5.44. The molecule has 0 N–H and O–H groups in total. The van der Waals surface area contributed by atoms with Crippen molar-refractivity contribution in [3.63, 3.8) is 0 Å². The van der Waals surface area contributed by atoms with Crippen LogP contribution in [0.15, 0.2) is 53.9 Å². The highest BCUT2D eigenvalue weighted by Crippen LogP contribution is 2.17. The Morgan fingerprint density at radius 2 is 1.76 bits per heavy atom. The maximum atomic E-state index is 12.8. The van der Waals surface area contributed by atoms with Gasteiger partial charge < -0.3 is 9.47 Å². The largest absolute Gasteiger partial charge is 0.486 e. The summed E-state index contributed by atoms with van der Waals surface area (Å²) < 4.78 is 23.6. The summed E-state index contributed by atoms with van der Waals surface area (Å²) in [5.74, 6) is 0.267. The van der Waals surface area contributed by atoms with E-state index in [1.165, 1.54) is 41.2 Å². The smallest absolute Gasteiger partial charge is 0.317 e.